The van der Waals surface area contributed by atoms with Crippen molar-refractivity contribution in [3.8, 4) is 0 Å². The van der Waals surface area contributed by atoms with E-state index in [0.717, 1.165) is 13.0 Å². The van der Waals surface area contributed by atoms with Crippen LogP contribution in [0.1, 0.15) is 36.0 Å². The summed E-state index contributed by atoms with van der Waals surface area (Å²) in [7, 11) is 0. The zero-order chi connectivity index (χ0) is 19.2. The lowest BCUT2D eigenvalue weighted by Crippen LogP contribution is -2.33. The maximum absolute atomic E-state index is 12.5. The Hall–Kier alpha value is -2.25. The Morgan fingerprint density at radius 2 is 2.07 bits per heavy atom. The van der Waals surface area contributed by atoms with Crippen molar-refractivity contribution < 1.29 is 4.79 Å². The summed E-state index contributed by atoms with van der Waals surface area (Å²) in [5.74, 6) is -0.134. The van der Waals surface area contributed by atoms with Gasteiger partial charge < -0.3 is 15.2 Å². The van der Waals surface area contributed by atoms with Gasteiger partial charge in [0.2, 0.25) is 0 Å². The smallest absolute Gasteiger partial charge is 0.262 e. The van der Waals surface area contributed by atoms with Crippen molar-refractivity contribution in [1.29, 1.82) is 0 Å². The molecule has 0 bridgehead atoms. The highest BCUT2D eigenvalue weighted by atomic mass is 32.1. The van der Waals surface area contributed by atoms with Crippen LogP contribution >= 0.6 is 12.2 Å². The molecule has 2 aromatic rings. The minimum atomic E-state index is -0.179. The molecule has 1 fully saturated rings. The third-order valence-electron chi connectivity index (χ3n) is 4.94. The van der Waals surface area contributed by atoms with Crippen LogP contribution in [0.4, 0.5) is 0 Å². The molecule has 0 unspecified atom stereocenters. The number of rotatable bonds is 7. The van der Waals surface area contributed by atoms with Crippen LogP contribution in [0.3, 0.4) is 0 Å². The Balaban J connectivity index is 1.64. The average Bonchev–Trinajstić information content (AvgIpc) is 2.68. The summed E-state index contributed by atoms with van der Waals surface area (Å²) >= 11 is 5.24. The number of hydrogen-bond donors (Lipinski definition) is 2. The fraction of sp³-hybridized carbons (Fsp3) is 0.450. The monoisotopic (exact) mass is 386 g/mol. The molecular weight excluding hydrogens is 360 g/mol. The maximum Gasteiger partial charge on any atom is 0.262 e. The summed E-state index contributed by atoms with van der Waals surface area (Å²) in [6.07, 6.45) is 6.45. The number of amides is 1. The van der Waals surface area contributed by atoms with Crippen LogP contribution in [0.5, 0.6) is 0 Å². The number of fused-ring (bicyclic) bond motifs is 1. The molecule has 2 heterocycles. The molecular formula is C20H26N4O2S. The second kappa shape index (κ2) is 9.10. The Morgan fingerprint density at radius 1 is 1.30 bits per heavy atom. The molecule has 0 spiro atoms. The summed E-state index contributed by atoms with van der Waals surface area (Å²) in [6, 6.07) is 5.04. The first-order valence-corrected chi connectivity index (χ1v) is 9.89. The highest BCUT2D eigenvalue weighted by molar-refractivity contribution is 7.71. The van der Waals surface area contributed by atoms with Gasteiger partial charge >= 0.3 is 0 Å². The van der Waals surface area contributed by atoms with Crippen molar-refractivity contribution in [3.05, 3.63) is 51.5 Å². The van der Waals surface area contributed by atoms with E-state index in [9.17, 15) is 9.59 Å². The number of carbonyl (C=O) groups is 1. The van der Waals surface area contributed by atoms with E-state index in [2.05, 4.69) is 21.8 Å². The number of carbonyl (C=O) groups excluding carboxylic acids is 1. The Labute approximate surface area is 163 Å². The molecule has 3 rings (SSSR count). The number of nitrogens with one attached hydrogen (secondary N) is 2. The molecule has 1 aliphatic heterocycles. The SMILES string of the molecule is C=CCn1c(=S)[nH]c2cc(C(=O)NCCCN3CCCCC3)ccc2c1=O. The minimum Gasteiger partial charge on any atom is -0.352 e. The van der Waals surface area contributed by atoms with Crippen LogP contribution in [0.15, 0.2) is 35.6 Å². The topological polar surface area (TPSA) is 70.1 Å². The van der Waals surface area contributed by atoms with E-state index >= 15 is 0 Å². The molecule has 1 aliphatic rings. The number of H-pyrrole nitrogens is 1. The van der Waals surface area contributed by atoms with Crippen LogP contribution in [0.2, 0.25) is 0 Å². The second-order valence-electron chi connectivity index (χ2n) is 6.91. The van der Waals surface area contributed by atoms with E-state index in [1.54, 1.807) is 24.3 Å². The van der Waals surface area contributed by atoms with Crippen molar-refractivity contribution in [2.75, 3.05) is 26.2 Å². The molecule has 0 atom stereocenters. The third kappa shape index (κ3) is 4.73. The van der Waals surface area contributed by atoms with Gasteiger partial charge in [-0.05, 0) is 69.3 Å². The zero-order valence-electron chi connectivity index (χ0n) is 15.5. The van der Waals surface area contributed by atoms with Crippen molar-refractivity contribution in [2.45, 2.75) is 32.2 Å². The molecule has 0 radical (unpaired) electrons. The van der Waals surface area contributed by atoms with Crippen LogP contribution in [-0.2, 0) is 6.54 Å². The standard InChI is InChI=1S/C20H26N4O2S/c1-2-10-24-19(26)16-8-7-15(14-17(16)22-20(24)27)18(25)21-9-6-13-23-11-4-3-5-12-23/h2,7-8,14H,1,3-6,9-13H2,(H,21,25)(H,22,27). The normalized spacial score (nSPS) is 15.0. The number of allylic oxidation sites excluding steroid dienone is 1. The summed E-state index contributed by atoms with van der Waals surface area (Å²) in [5.41, 5.74) is 0.917. The highest BCUT2D eigenvalue weighted by Gasteiger charge is 2.11. The van der Waals surface area contributed by atoms with Crippen molar-refractivity contribution in [3.63, 3.8) is 0 Å². The number of benzene rings is 1. The van der Waals surface area contributed by atoms with Crippen LogP contribution in [0, 0.1) is 4.77 Å². The molecule has 6 nitrogen and oxygen atoms in total. The Kier molecular flexibility index (Phi) is 6.58. The average molecular weight is 387 g/mol. The zero-order valence-corrected chi connectivity index (χ0v) is 16.3. The van der Waals surface area contributed by atoms with Gasteiger partial charge in [0, 0.05) is 18.7 Å². The molecule has 144 valence electrons. The number of aromatic nitrogens is 2. The number of aromatic amines is 1. The predicted molar refractivity (Wildman–Crippen MR) is 111 cm³/mol. The number of nitrogens with zero attached hydrogens (tertiary/aromatic N) is 2. The quantitative estimate of drug-likeness (QED) is 0.436. The fourth-order valence-electron chi connectivity index (χ4n) is 3.48. The Bertz CT molecular complexity index is 941. The summed E-state index contributed by atoms with van der Waals surface area (Å²) < 4.78 is 1.77. The van der Waals surface area contributed by atoms with Gasteiger partial charge in [0.05, 0.1) is 10.9 Å². The van der Waals surface area contributed by atoms with Gasteiger partial charge in [0.1, 0.15) is 0 Å². The molecule has 2 N–H and O–H groups in total. The van der Waals surface area contributed by atoms with E-state index in [1.165, 1.54) is 36.9 Å². The molecule has 1 aromatic heterocycles. The number of likely N-dealkylation sites (tertiary alicyclic amines) is 1. The fourth-order valence-corrected chi connectivity index (χ4v) is 3.75. The lowest BCUT2D eigenvalue weighted by molar-refractivity contribution is 0.0951. The summed E-state index contributed by atoms with van der Waals surface area (Å²) in [4.78, 5) is 30.4. The van der Waals surface area contributed by atoms with Crippen molar-refractivity contribution >= 4 is 29.0 Å². The van der Waals surface area contributed by atoms with E-state index in [1.807, 2.05) is 0 Å². The van der Waals surface area contributed by atoms with Gasteiger partial charge in [0.25, 0.3) is 11.5 Å². The van der Waals surface area contributed by atoms with E-state index in [0.29, 0.717) is 34.3 Å². The lowest BCUT2D eigenvalue weighted by Gasteiger charge is -2.26. The molecule has 1 saturated heterocycles. The van der Waals surface area contributed by atoms with E-state index < -0.39 is 0 Å². The molecule has 0 saturated carbocycles. The van der Waals surface area contributed by atoms with Gasteiger partial charge in [-0.3, -0.25) is 14.2 Å². The first kappa shape index (κ1) is 19.5. The van der Waals surface area contributed by atoms with Crippen molar-refractivity contribution in [2.24, 2.45) is 0 Å². The second-order valence-corrected chi connectivity index (χ2v) is 7.29. The largest absolute Gasteiger partial charge is 0.352 e. The Morgan fingerprint density at radius 3 is 2.81 bits per heavy atom. The predicted octanol–water partition coefficient (Wildman–Crippen LogP) is 2.85. The summed E-state index contributed by atoms with van der Waals surface area (Å²) in [6.45, 7) is 8.00. The maximum atomic E-state index is 12.5. The van der Waals surface area contributed by atoms with Crippen LogP contribution < -0.4 is 10.9 Å². The van der Waals surface area contributed by atoms with Gasteiger partial charge in [0.15, 0.2) is 4.77 Å². The number of piperidine rings is 1. The molecule has 1 amide bonds. The van der Waals surface area contributed by atoms with Gasteiger partial charge in [-0.25, -0.2) is 0 Å². The molecule has 0 aliphatic carbocycles. The molecule has 27 heavy (non-hydrogen) atoms. The lowest BCUT2D eigenvalue weighted by atomic mass is 10.1. The van der Waals surface area contributed by atoms with Crippen LogP contribution in [-0.4, -0.2) is 46.5 Å². The van der Waals surface area contributed by atoms with Gasteiger partial charge in [-0.2, -0.15) is 0 Å². The van der Waals surface area contributed by atoms with Crippen LogP contribution in [0.25, 0.3) is 10.9 Å². The van der Waals surface area contributed by atoms with Crippen molar-refractivity contribution in [1.82, 2.24) is 19.8 Å². The first-order chi connectivity index (χ1) is 13.1. The molecule has 1 aromatic carbocycles. The minimum absolute atomic E-state index is 0.134. The van der Waals surface area contributed by atoms with E-state index in [4.69, 9.17) is 12.2 Å². The first-order valence-electron chi connectivity index (χ1n) is 9.48. The number of hydrogen-bond acceptors (Lipinski definition) is 4. The van der Waals surface area contributed by atoms with E-state index in [-0.39, 0.29) is 11.5 Å². The third-order valence-corrected chi connectivity index (χ3v) is 5.26. The summed E-state index contributed by atoms with van der Waals surface area (Å²) in [5, 5.41) is 3.47. The molecule has 7 heteroatoms. The highest BCUT2D eigenvalue weighted by Crippen LogP contribution is 2.11. The van der Waals surface area contributed by atoms with Gasteiger partial charge in [-0.1, -0.05) is 12.5 Å². The van der Waals surface area contributed by atoms with Gasteiger partial charge in [-0.15, -0.1) is 6.58 Å².